The summed E-state index contributed by atoms with van der Waals surface area (Å²) in [5.74, 6) is -0.502. The van der Waals surface area contributed by atoms with Gasteiger partial charge in [0, 0.05) is 11.4 Å². The summed E-state index contributed by atoms with van der Waals surface area (Å²) in [6, 6.07) is 0. The highest BCUT2D eigenvalue weighted by Gasteiger charge is 2.33. The highest BCUT2D eigenvalue weighted by Crippen LogP contribution is 2.17. The first kappa shape index (κ1) is 11.2. The average Bonchev–Trinajstić information content (AvgIpc) is 1.86. The Hall–Kier alpha value is 0.160. The zero-order valence-electron chi connectivity index (χ0n) is 6.19. The second kappa shape index (κ2) is 4.25. The van der Waals surface area contributed by atoms with Crippen LogP contribution >= 0.6 is 34.2 Å². The normalized spacial score (nSPS) is 15.3. The number of carbonyl (C=O) groups is 2. The standard InChI is InChI=1S/C6H8ClIO3/c1-4(9)11-6(2,3-8)5(7)10/h3H2,1-2H3. The van der Waals surface area contributed by atoms with Crippen molar-refractivity contribution in [1.29, 1.82) is 0 Å². The third kappa shape index (κ3) is 3.37. The van der Waals surface area contributed by atoms with Crippen molar-refractivity contribution in [3.05, 3.63) is 0 Å². The molecule has 0 N–H and O–H groups in total. The molecule has 64 valence electrons. The van der Waals surface area contributed by atoms with Crippen LogP contribution in [0, 0.1) is 0 Å². The minimum Gasteiger partial charge on any atom is -0.449 e. The SMILES string of the molecule is CC(=O)OC(C)(CI)C(=O)Cl. The number of hydrogen-bond donors (Lipinski definition) is 0. The number of carbonyl (C=O) groups excluding carboxylic acids is 2. The number of hydrogen-bond acceptors (Lipinski definition) is 3. The summed E-state index contributed by atoms with van der Waals surface area (Å²) in [4.78, 5) is 21.2. The molecule has 5 heteroatoms. The maximum atomic E-state index is 10.7. The van der Waals surface area contributed by atoms with Gasteiger partial charge < -0.3 is 4.74 Å². The highest BCUT2D eigenvalue weighted by atomic mass is 127. The third-order valence-electron chi connectivity index (χ3n) is 1.04. The summed E-state index contributed by atoms with van der Waals surface area (Å²) in [6.07, 6.45) is 0. The van der Waals surface area contributed by atoms with Crippen molar-refractivity contribution < 1.29 is 14.3 Å². The lowest BCUT2D eigenvalue weighted by atomic mass is 10.2. The van der Waals surface area contributed by atoms with Gasteiger partial charge in [0.2, 0.25) is 0 Å². The van der Waals surface area contributed by atoms with Gasteiger partial charge in [-0.05, 0) is 18.5 Å². The molecular weight excluding hydrogens is 282 g/mol. The molecule has 0 rings (SSSR count). The van der Waals surface area contributed by atoms with E-state index in [-0.39, 0.29) is 0 Å². The second-order valence-electron chi connectivity index (χ2n) is 2.23. The molecule has 0 amide bonds. The maximum absolute atomic E-state index is 10.7. The largest absolute Gasteiger partial charge is 0.449 e. The van der Waals surface area contributed by atoms with Crippen LogP contribution in [0.1, 0.15) is 13.8 Å². The molecular formula is C6H8ClIO3. The van der Waals surface area contributed by atoms with Crippen molar-refractivity contribution in [2.75, 3.05) is 4.43 Å². The van der Waals surface area contributed by atoms with Gasteiger partial charge in [0.1, 0.15) is 0 Å². The van der Waals surface area contributed by atoms with Crippen molar-refractivity contribution in [2.24, 2.45) is 0 Å². The molecule has 0 aromatic carbocycles. The summed E-state index contributed by atoms with van der Waals surface area (Å²) in [5.41, 5.74) is -1.17. The van der Waals surface area contributed by atoms with E-state index >= 15 is 0 Å². The van der Waals surface area contributed by atoms with E-state index < -0.39 is 16.8 Å². The number of rotatable bonds is 3. The molecule has 1 atom stereocenters. The number of ether oxygens (including phenoxy) is 1. The summed E-state index contributed by atoms with van der Waals surface area (Å²) in [6.45, 7) is 2.72. The van der Waals surface area contributed by atoms with E-state index in [0.29, 0.717) is 4.43 Å². The van der Waals surface area contributed by atoms with Gasteiger partial charge in [-0.25, -0.2) is 0 Å². The lowest BCUT2D eigenvalue weighted by Crippen LogP contribution is -2.38. The predicted molar refractivity (Wildman–Crippen MR) is 49.9 cm³/mol. The van der Waals surface area contributed by atoms with E-state index in [9.17, 15) is 9.59 Å². The minimum absolute atomic E-state index is 0.354. The first-order valence-electron chi connectivity index (χ1n) is 2.88. The molecule has 0 heterocycles. The minimum atomic E-state index is -1.17. The smallest absolute Gasteiger partial charge is 0.303 e. The molecule has 0 aromatic rings. The van der Waals surface area contributed by atoms with E-state index in [4.69, 9.17) is 16.3 Å². The first-order chi connectivity index (χ1) is 4.92. The van der Waals surface area contributed by atoms with Gasteiger partial charge in [0.15, 0.2) is 5.60 Å². The summed E-state index contributed by atoms with van der Waals surface area (Å²) < 4.78 is 5.07. The van der Waals surface area contributed by atoms with Crippen LogP contribution in [-0.2, 0) is 14.3 Å². The molecule has 0 aliphatic heterocycles. The van der Waals surface area contributed by atoms with Crippen LogP contribution < -0.4 is 0 Å². The van der Waals surface area contributed by atoms with Crippen molar-refractivity contribution >= 4 is 45.4 Å². The Morgan fingerprint density at radius 1 is 1.64 bits per heavy atom. The summed E-state index contributed by atoms with van der Waals surface area (Å²) in [7, 11) is 0. The first-order valence-corrected chi connectivity index (χ1v) is 4.78. The van der Waals surface area contributed by atoms with Crippen LogP contribution in [0.3, 0.4) is 0 Å². The molecule has 0 fully saturated rings. The number of esters is 1. The van der Waals surface area contributed by atoms with E-state index in [1.807, 2.05) is 22.6 Å². The maximum Gasteiger partial charge on any atom is 0.303 e. The van der Waals surface area contributed by atoms with Crippen molar-refractivity contribution in [1.82, 2.24) is 0 Å². The van der Waals surface area contributed by atoms with Gasteiger partial charge in [-0.3, -0.25) is 9.59 Å². The Morgan fingerprint density at radius 3 is 2.18 bits per heavy atom. The molecule has 11 heavy (non-hydrogen) atoms. The second-order valence-corrected chi connectivity index (χ2v) is 3.34. The highest BCUT2D eigenvalue weighted by molar-refractivity contribution is 14.1. The van der Waals surface area contributed by atoms with Crippen molar-refractivity contribution in [3.63, 3.8) is 0 Å². The summed E-state index contributed by atoms with van der Waals surface area (Å²) >= 11 is 7.14. The van der Waals surface area contributed by atoms with Crippen LogP contribution in [0.5, 0.6) is 0 Å². The predicted octanol–water partition coefficient (Wildman–Crippen LogP) is 1.51. The van der Waals surface area contributed by atoms with Crippen molar-refractivity contribution in [2.45, 2.75) is 19.4 Å². The molecule has 0 spiro atoms. The van der Waals surface area contributed by atoms with E-state index in [1.54, 1.807) is 0 Å². The Labute approximate surface area is 83.6 Å². The molecule has 0 bridgehead atoms. The Morgan fingerprint density at radius 2 is 2.09 bits per heavy atom. The molecule has 0 aromatic heterocycles. The monoisotopic (exact) mass is 290 g/mol. The van der Waals surface area contributed by atoms with Crippen molar-refractivity contribution in [3.8, 4) is 0 Å². The fourth-order valence-corrected chi connectivity index (χ4v) is 1.27. The number of halogens is 2. The fourth-order valence-electron chi connectivity index (χ4n) is 0.437. The van der Waals surface area contributed by atoms with Crippen LogP contribution in [-0.4, -0.2) is 21.2 Å². The third-order valence-corrected chi connectivity index (χ3v) is 2.90. The lowest BCUT2D eigenvalue weighted by molar-refractivity contribution is -0.157. The average molecular weight is 290 g/mol. The van der Waals surface area contributed by atoms with Gasteiger partial charge in [-0.2, -0.15) is 0 Å². The Bertz CT molecular complexity index is 183. The molecule has 1 unspecified atom stereocenters. The fraction of sp³-hybridized carbons (Fsp3) is 0.667. The Kier molecular flexibility index (Phi) is 4.31. The zero-order chi connectivity index (χ0) is 9.07. The van der Waals surface area contributed by atoms with Gasteiger partial charge >= 0.3 is 5.97 Å². The molecule has 0 aliphatic rings. The van der Waals surface area contributed by atoms with E-state index in [1.165, 1.54) is 13.8 Å². The van der Waals surface area contributed by atoms with Gasteiger partial charge in [-0.15, -0.1) is 0 Å². The van der Waals surface area contributed by atoms with E-state index in [0.717, 1.165) is 0 Å². The van der Waals surface area contributed by atoms with Crippen LogP contribution in [0.15, 0.2) is 0 Å². The quantitative estimate of drug-likeness (QED) is 0.342. The van der Waals surface area contributed by atoms with Gasteiger partial charge in [0.25, 0.3) is 5.24 Å². The molecule has 0 saturated heterocycles. The molecule has 0 aliphatic carbocycles. The Balaban J connectivity index is 4.34. The van der Waals surface area contributed by atoms with E-state index in [2.05, 4.69) is 0 Å². The lowest BCUT2D eigenvalue weighted by Gasteiger charge is -2.21. The van der Waals surface area contributed by atoms with Crippen LogP contribution in [0.25, 0.3) is 0 Å². The molecule has 0 saturated carbocycles. The topological polar surface area (TPSA) is 43.4 Å². The molecule has 3 nitrogen and oxygen atoms in total. The van der Waals surface area contributed by atoms with Crippen LogP contribution in [0.4, 0.5) is 0 Å². The number of alkyl halides is 1. The summed E-state index contributed by atoms with van der Waals surface area (Å²) in [5, 5.41) is -0.651. The van der Waals surface area contributed by atoms with Gasteiger partial charge in [-0.1, -0.05) is 22.6 Å². The molecule has 0 radical (unpaired) electrons. The van der Waals surface area contributed by atoms with Crippen LogP contribution in [0.2, 0.25) is 0 Å². The van der Waals surface area contributed by atoms with Gasteiger partial charge in [0.05, 0.1) is 0 Å². The zero-order valence-corrected chi connectivity index (χ0v) is 9.10.